The van der Waals surface area contributed by atoms with E-state index < -0.39 is 16.1 Å². The van der Waals surface area contributed by atoms with Gasteiger partial charge >= 0.3 is 0 Å². The SMILES string of the molecule is Cc1ccc(C=C([Si](C)(C)C)[Si](C)(C)C)o1. The summed E-state index contributed by atoms with van der Waals surface area (Å²) in [5.74, 6) is 2.02. The minimum atomic E-state index is -1.23. The van der Waals surface area contributed by atoms with Crippen molar-refractivity contribution in [3.63, 3.8) is 0 Å². The van der Waals surface area contributed by atoms with Crippen LogP contribution in [0.5, 0.6) is 0 Å². The lowest BCUT2D eigenvalue weighted by molar-refractivity contribution is 0.525. The highest BCUT2D eigenvalue weighted by Crippen LogP contribution is 2.27. The first-order valence-electron chi connectivity index (χ1n) is 5.90. The molecule has 0 fully saturated rings. The van der Waals surface area contributed by atoms with Gasteiger partial charge in [-0.25, -0.2) is 0 Å². The highest BCUT2D eigenvalue weighted by atomic mass is 28.4. The van der Waals surface area contributed by atoms with E-state index in [4.69, 9.17) is 4.42 Å². The lowest BCUT2D eigenvalue weighted by Crippen LogP contribution is -2.39. The van der Waals surface area contributed by atoms with Crippen LogP contribution >= 0.6 is 0 Å². The van der Waals surface area contributed by atoms with Gasteiger partial charge in [0.15, 0.2) is 0 Å². The Kier molecular flexibility index (Phi) is 3.70. The molecule has 1 heterocycles. The maximum Gasteiger partial charge on any atom is 0.126 e. The highest BCUT2D eigenvalue weighted by molar-refractivity contribution is 7.05. The molecule has 1 rings (SSSR count). The van der Waals surface area contributed by atoms with E-state index in [0.717, 1.165) is 11.5 Å². The van der Waals surface area contributed by atoms with E-state index in [9.17, 15) is 0 Å². The summed E-state index contributed by atoms with van der Waals surface area (Å²) in [6.07, 6.45) is 2.31. The predicted octanol–water partition coefficient (Wildman–Crippen LogP) is 4.73. The van der Waals surface area contributed by atoms with Gasteiger partial charge in [-0.2, -0.15) is 0 Å². The van der Waals surface area contributed by atoms with Crippen LogP contribution in [0, 0.1) is 6.92 Å². The van der Waals surface area contributed by atoms with Crippen molar-refractivity contribution in [2.45, 2.75) is 46.2 Å². The van der Waals surface area contributed by atoms with Crippen LogP contribution in [0.1, 0.15) is 11.5 Å². The number of aryl methyl sites for hydroxylation is 1. The third-order valence-electron chi connectivity index (χ3n) is 2.66. The second-order valence-electron chi connectivity index (χ2n) is 6.51. The second-order valence-corrected chi connectivity index (χ2v) is 17.1. The predicted molar refractivity (Wildman–Crippen MR) is 78.1 cm³/mol. The summed E-state index contributed by atoms with van der Waals surface area (Å²) in [6, 6.07) is 4.12. The van der Waals surface area contributed by atoms with Gasteiger partial charge in [0.1, 0.15) is 11.5 Å². The Morgan fingerprint density at radius 3 is 1.81 bits per heavy atom. The quantitative estimate of drug-likeness (QED) is 0.709. The zero-order chi connectivity index (χ0) is 12.6. The Bertz CT molecular complexity index is 373. The van der Waals surface area contributed by atoms with Crippen molar-refractivity contribution >= 4 is 22.2 Å². The van der Waals surface area contributed by atoms with Crippen LogP contribution in [0.2, 0.25) is 39.3 Å². The first-order chi connectivity index (χ1) is 7.10. The molecule has 0 aliphatic rings. The molecule has 0 unspecified atom stereocenters. The van der Waals surface area contributed by atoms with Gasteiger partial charge in [0.05, 0.1) is 16.1 Å². The van der Waals surface area contributed by atoms with Crippen molar-refractivity contribution in [2.24, 2.45) is 0 Å². The molecule has 0 aromatic carbocycles. The van der Waals surface area contributed by atoms with Crippen LogP contribution in [-0.2, 0) is 0 Å². The minimum Gasteiger partial charge on any atom is -0.462 e. The molecule has 1 aromatic heterocycles. The standard InChI is InChI=1S/C13H24OSi2/c1-11-8-9-12(14-11)10-13(15(2,3)4)16(5,6)7/h8-10H,1-7H3. The van der Waals surface area contributed by atoms with E-state index in [0.29, 0.717) is 0 Å². The molecular weight excluding hydrogens is 228 g/mol. The molecule has 0 amide bonds. The monoisotopic (exact) mass is 252 g/mol. The van der Waals surface area contributed by atoms with Crippen molar-refractivity contribution in [3.8, 4) is 0 Å². The summed E-state index contributed by atoms with van der Waals surface area (Å²) in [4.78, 5) is 1.69. The first kappa shape index (κ1) is 13.5. The molecule has 0 aliphatic heterocycles. The maximum atomic E-state index is 5.67. The average Bonchev–Trinajstić information content (AvgIpc) is 2.43. The Balaban J connectivity index is 3.17. The Hall–Kier alpha value is -0.546. The molecule has 16 heavy (non-hydrogen) atoms. The fourth-order valence-corrected chi connectivity index (χ4v) is 12.4. The van der Waals surface area contributed by atoms with Gasteiger partial charge in [-0.15, -0.1) is 0 Å². The van der Waals surface area contributed by atoms with E-state index in [2.05, 4.69) is 51.4 Å². The lowest BCUT2D eigenvalue weighted by atomic mass is 10.4. The van der Waals surface area contributed by atoms with Crippen LogP contribution < -0.4 is 0 Å². The smallest absolute Gasteiger partial charge is 0.126 e. The third kappa shape index (κ3) is 3.49. The van der Waals surface area contributed by atoms with Crippen LogP contribution in [-0.4, -0.2) is 16.1 Å². The summed E-state index contributed by atoms with van der Waals surface area (Å²) in [5, 5.41) is 0. The van der Waals surface area contributed by atoms with Crippen LogP contribution in [0.25, 0.3) is 6.08 Å². The zero-order valence-corrected chi connectivity index (χ0v) is 13.6. The molecule has 0 spiro atoms. The molecule has 0 aliphatic carbocycles. The topological polar surface area (TPSA) is 13.1 Å². The van der Waals surface area contributed by atoms with Gasteiger partial charge < -0.3 is 4.42 Å². The summed E-state index contributed by atoms with van der Waals surface area (Å²) >= 11 is 0. The van der Waals surface area contributed by atoms with Gasteiger partial charge in [-0.3, -0.25) is 0 Å². The molecule has 0 bridgehead atoms. The summed E-state index contributed by atoms with van der Waals surface area (Å²) < 4.78 is 5.67. The number of rotatable bonds is 3. The van der Waals surface area contributed by atoms with Crippen molar-refractivity contribution in [1.29, 1.82) is 0 Å². The molecule has 3 heteroatoms. The van der Waals surface area contributed by atoms with Gasteiger partial charge in [0.25, 0.3) is 0 Å². The van der Waals surface area contributed by atoms with E-state index in [1.807, 2.05) is 13.0 Å². The normalized spacial score (nSPS) is 12.7. The van der Waals surface area contributed by atoms with Crippen LogP contribution in [0.4, 0.5) is 0 Å². The van der Waals surface area contributed by atoms with Gasteiger partial charge in [-0.05, 0) is 25.1 Å². The van der Waals surface area contributed by atoms with E-state index in [1.165, 1.54) is 0 Å². The molecule has 0 radical (unpaired) electrons. The average molecular weight is 253 g/mol. The van der Waals surface area contributed by atoms with Crippen molar-refractivity contribution in [3.05, 3.63) is 28.5 Å². The zero-order valence-electron chi connectivity index (χ0n) is 11.6. The van der Waals surface area contributed by atoms with Gasteiger partial charge in [0, 0.05) is 0 Å². The van der Waals surface area contributed by atoms with Crippen LogP contribution in [0.15, 0.2) is 21.4 Å². The molecule has 1 aromatic rings. The lowest BCUT2D eigenvalue weighted by Gasteiger charge is -2.31. The summed E-state index contributed by atoms with van der Waals surface area (Å²) in [5.41, 5.74) is 0. The largest absolute Gasteiger partial charge is 0.462 e. The molecule has 1 nitrogen and oxygen atoms in total. The molecule has 0 saturated heterocycles. The number of hydrogen-bond acceptors (Lipinski definition) is 1. The van der Waals surface area contributed by atoms with Crippen LogP contribution in [0.3, 0.4) is 0 Å². The first-order valence-corrected chi connectivity index (χ1v) is 12.9. The fourth-order valence-electron chi connectivity index (χ4n) is 2.23. The van der Waals surface area contributed by atoms with E-state index in [-0.39, 0.29) is 0 Å². The molecule has 0 atom stereocenters. The Morgan fingerprint density at radius 1 is 1.00 bits per heavy atom. The molecule has 0 N–H and O–H groups in total. The van der Waals surface area contributed by atoms with E-state index >= 15 is 0 Å². The highest BCUT2D eigenvalue weighted by Gasteiger charge is 2.30. The number of hydrogen-bond donors (Lipinski definition) is 0. The summed E-state index contributed by atoms with van der Waals surface area (Å²) in [6.45, 7) is 16.5. The molecular formula is C13H24OSi2. The maximum absolute atomic E-state index is 5.67. The Morgan fingerprint density at radius 2 is 1.50 bits per heavy atom. The van der Waals surface area contributed by atoms with Gasteiger partial charge in [-0.1, -0.05) is 44.1 Å². The second kappa shape index (κ2) is 4.37. The Labute approximate surface area is 102 Å². The van der Waals surface area contributed by atoms with Crippen molar-refractivity contribution in [2.75, 3.05) is 0 Å². The third-order valence-corrected chi connectivity index (χ3v) is 10.7. The molecule has 90 valence electrons. The minimum absolute atomic E-state index is 0.997. The molecule has 0 saturated carbocycles. The van der Waals surface area contributed by atoms with Crippen molar-refractivity contribution < 1.29 is 4.42 Å². The number of furan rings is 1. The van der Waals surface area contributed by atoms with E-state index in [1.54, 1.807) is 4.82 Å². The van der Waals surface area contributed by atoms with Crippen molar-refractivity contribution in [1.82, 2.24) is 0 Å². The summed E-state index contributed by atoms with van der Waals surface area (Å²) in [7, 11) is -2.47. The van der Waals surface area contributed by atoms with Gasteiger partial charge in [0.2, 0.25) is 0 Å². The fraction of sp³-hybridized carbons (Fsp3) is 0.538.